The summed E-state index contributed by atoms with van der Waals surface area (Å²) in [4.78, 5) is 11.2. The Morgan fingerprint density at radius 1 is 0.871 bits per heavy atom. The average molecular weight is 439 g/mol. The predicted molar refractivity (Wildman–Crippen MR) is 119 cm³/mol. The zero-order valence-electron chi connectivity index (χ0n) is 16.5. The van der Waals surface area contributed by atoms with Gasteiger partial charge in [0.1, 0.15) is 30.3 Å². The van der Waals surface area contributed by atoms with Gasteiger partial charge in [0.05, 0.1) is 5.41 Å². The van der Waals surface area contributed by atoms with E-state index in [2.05, 4.69) is 4.72 Å². The Labute approximate surface area is 180 Å². The third-order valence-electron chi connectivity index (χ3n) is 4.08. The van der Waals surface area contributed by atoms with Crippen molar-refractivity contribution < 1.29 is 27.8 Å². The number of aromatic carboxylic acids is 1. The fourth-order valence-electron chi connectivity index (χ4n) is 2.63. The molecule has 0 atom stereocenters. The van der Waals surface area contributed by atoms with Crippen LogP contribution in [0.5, 0.6) is 11.5 Å². The van der Waals surface area contributed by atoms with Crippen molar-refractivity contribution in [1.82, 2.24) is 0 Å². The van der Waals surface area contributed by atoms with Crippen molar-refractivity contribution >= 4 is 27.8 Å². The van der Waals surface area contributed by atoms with Gasteiger partial charge in [-0.2, -0.15) is 0 Å². The number of carboxylic acid groups (broad SMARTS) is 1. The number of sulfonamides is 1. The molecule has 7 nitrogen and oxygen atoms in total. The third kappa shape index (κ3) is 6.90. The number of hydrogen-bond donors (Lipinski definition) is 2. The van der Waals surface area contributed by atoms with Crippen LogP contribution in [0.2, 0.25) is 0 Å². The Morgan fingerprint density at radius 3 is 2.23 bits per heavy atom. The molecule has 2 N–H and O–H groups in total. The molecular formula is C23H21NO6S. The molecule has 0 radical (unpaired) electrons. The second-order valence-corrected chi connectivity index (χ2v) is 7.95. The largest absolute Gasteiger partial charge is 0.490 e. The molecule has 0 aliphatic heterocycles. The highest BCUT2D eigenvalue weighted by molar-refractivity contribution is 7.95. The van der Waals surface area contributed by atoms with Crippen LogP contribution in [0.25, 0.3) is 6.08 Å². The number of benzene rings is 3. The average Bonchev–Trinajstić information content (AvgIpc) is 2.77. The summed E-state index contributed by atoms with van der Waals surface area (Å²) in [6.45, 7) is 0.349. The lowest BCUT2D eigenvalue weighted by molar-refractivity contribution is 0.0691. The Bertz CT molecular complexity index is 1140. The first-order valence-electron chi connectivity index (χ1n) is 9.37. The molecule has 0 spiro atoms. The Kier molecular flexibility index (Phi) is 7.29. The van der Waals surface area contributed by atoms with E-state index in [1.807, 2.05) is 30.3 Å². The van der Waals surface area contributed by atoms with Gasteiger partial charge < -0.3 is 14.6 Å². The summed E-state index contributed by atoms with van der Waals surface area (Å²) in [5, 5.41) is 10.2. The smallest absolute Gasteiger partial charge is 0.339 e. The third-order valence-corrected chi connectivity index (χ3v) is 5.10. The molecule has 3 aromatic carbocycles. The minimum absolute atomic E-state index is 0.0838. The molecule has 0 amide bonds. The summed E-state index contributed by atoms with van der Waals surface area (Å²) >= 11 is 0. The number of nitrogens with one attached hydrogen (secondary N) is 1. The molecule has 160 valence electrons. The van der Waals surface area contributed by atoms with Gasteiger partial charge in [-0.05, 0) is 48.0 Å². The van der Waals surface area contributed by atoms with Gasteiger partial charge >= 0.3 is 5.97 Å². The molecule has 0 aliphatic rings. The molecule has 0 heterocycles. The first kappa shape index (κ1) is 21.9. The number of carbonyl (C=O) groups is 1. The van der Waals surface area contributed by atoms with Crippen LogP contribution in [0.4, 0.5) is 5.69 Å². The second kappa shape index (κ2) is 10.3. The summed E-state index contributed by atoms with van der Waals surface area (Å²) in [7, 11) is -3.65. The lowest BCUT2D eigenvalue weighted by atomic mass is 10.2. The highest BCUT2D eigenvalue weighted by atomic mass is 32.2. The zero-order chi connectivity index (χ0) is 22.1. The van der Waals surface area contributed by atoms with Crippen LogP contribution in [-0.2, 0) is 10.0 Å². The lowest BCUT2D eigenvalue weighted by Crippen LogP contribution is -2.11. The summed E-state index contributed by atoms with van der Waals surface area (Å²) in [5.41, 5.74) is 1.27. The molecule has 8 heteroatoms. The fraction of sp³-hybridized carbons (Fsp3) is 0.0870. The van der Waals surface area contributed by atoms with Crippen LogP contribution < -0.4 is 14.2 Å². The fourth-order valence-corrected chi connectivity index (χ4v) is 3.50. The van der Waals surface area contributed by atoms with Crippen LogP contribution in [0.15, 0.2) is 84.3 Å². The SMILES string of the molecule is O=C(O)c1ccccc1OCCOc1ccc(NS(=O)(=O)/C=C/c2ccccc2)cc1. The van der Waals surface area contributed by atoms with Crippen LogP contribution in [0.3, 0.4) is 0 Å². The molecule has 0 unspecified atom stereocenters. The highest BCUT2D eigenvalue weighted by Crippen LogP contribution is 2.19. The van der Waals surface area contributed by atoms with E-state index in [0.29, 0.717) is 11.4 Å². The maximum atomic E-state index is 12.2. The number of rotatable bonds is 10. The minimum Gasteiger partial charge on any atom is -0.490 e. The van der Waals surface area contributed by atoms with Crippen molar-refractivity contribution in [1.29, 1.82) is 0 Å². The number of hydrogen-bond acceptors (Lipinski definition) is 5. The Hall–Kier alpha value is -3.78. The van der Waals surface area contributed by atoms with Gasteiger partial charge in [0, 0.05) is 5.69 Å². The van der Waals surface area contributed by atoms with E-state index < -0.39 is 16.0 Å². The summed E-state index contributed by atoms with van der Waals surface area (Å²) in [5.74, 6) is -0.266. The second-order valence-electron chi connectivity index (χ2n) is 6.38. The molecule has 0 saturated heterocycles. The van der Waals surface area contributed by atoms with Crippen LogP contribution in [0.1, 0.15) is 15.9 Å². The molecule has 0 aliphatic carbocycles. The van der Waals surface area contributed by atoms with E-state index in [0.717, 1.165) is 11.0 Å². The van der Waals surface area contributed by atoms with Crippen molar-refractivity contribution in [2.75, 3.05) is 17.9 Å². The minimum atomic E-state index is -3.65. The topological polar surface area (TPSA) is 102 Å². The maximum Gasteiger partial charge on any atom is 0.339 e. The van der Waals surface area contributed by atoms with E-state index in [-0.39, 0.29) is 24.5 Å². The zero-order valence-corrected chi connectivity index (χ0v) is 17.3. The summed E-state index contributed by atoms with van der Waals surface area (Å²) in [6, 6.07) is 21.9. The van der Waals surface area contributed by atoms with Crippen LogP contribution >= 0.6 is 0 Å². The first-order chi connectivity index (χ1) is 14.9. The van der Waals surface area contributed by atoms with Gasteiger partial charge in [0.25, 0.3) is 10.0 Å². The van der Waals surface area contributed by atoms with Crippen molar-refractivity contribution in [2.24, 2.45) is 0 Å². The number of anilines is 1. The molecule has 31 heavy (non-hydrogen) atoms. The van der Waals surface area contributed by atoms with E-state index in [1.165, 1.54) is 12.1 Å². The summed E-state index contributed by atoms with van der Waals surface area (Å²) < 4.78 is 37.9. The van der Waals surface area contributed by atoms with E-state index >= 15 is 0 Å². The van der Waals surface area contributed by atoms with Crippen molar-refractivity contribution in [3.63, 3.8) is 0 Å². The molecular weight excluding hydrogens is 418 g/mol. The molecule has 0 saturated carbocycles. The standard InChI is InChI=1S/C23H21NO6S/c25-23(26)21-8-4-5-9-22(21)30-16-15-29-20-12-10-19(11-13-20)24-31(27,28)17-14-18-6-2-1-3-7-18/h1-14,17,24H,15-16H2,(H,25,26)/b17-14+. The molecule has 3 aromatic rings. The normalized spacial score (nSPS) is 11.2. The Balaban J connectivity index is 1.49. The van der Waals surface area contributed by atoms with Crippen LogP contribution in [0, 0.1) is 0 Å². The van der Waals surface area contributed by atoms with Gasteiger partial charge in [-0.15, -0.1) is 0 Å². The van der Waals surface area contributed by atoms with Crippen molar-refractivity contribution in [2.45, 2.75) is 0 Å². The van der Waals surface area contributed by atoms with Gasteiger partial charge in [-0.25, -0.2) is 13.2 Å². The monoisotopic (exact) mass is 439 g/mol. The molecule has 0 aromatic heterocycles. The number of ether oxygens (including phenoxy) is 2. The number of para-hydroxylation sites is 1. The maximum absolute atomic E-state index is 12.2. The van der Waals surface area contributed by atoms with Crippen LogP contribution in [-0.4, -0.2) is 32.7 Å². The van der Waals surface area contributed by atoms with Gasteiger partial charge in [0.15, 0.2) is 0 Å². The quantitative estimate of drug-likeness (QED) is 0.458. The van der Waals surface area contributed by atoms with Gasteiger partial charge in [-0.3, -0.25) is 4.72 Å². The number of carboxylic acids is 1. The first-order valence-corrected chi connectivity index (χ1v) is 10.9. The van der Waals surface area contributed by atoms with E-state index in [4.69, 9.17) is 14.6 Å². The highest BCUT2D eigenvalue weighted by Gasteiger charge is 2.10. The molecule has 3 rings (SSSR count). The lowest BCUT2D eigenvalue weighted by Gasteiger charge is -2.11. The molecule has 0 fully saturated rings. The summed E-state index contributed by atoms with van der Waals surface area (Å²) in [6.07, 6.45) is 1.52. The van der Waals surface area contributed by atoms with E-state index in [9.17, 15) is 13.2 Å². The molecule has 0 bridgehead atoms. The predicted octanol–water partition coefficient (Wildman–Crippen LogP) is 4.26. The van der Waals surface area contributed by atoms with Crippen molar-refractivity contribution in [3.05, 3.63) is 95.4 Å². The van der Waals surface area contributed by atoms with Gasteiger partial charge in [-0.1, -0.05) is 42.5 Å². The Morgan fingerprint density at radius 2 is 1.52 bits per heavy atom. The van der Waals surface area contributed by atoms with E-state index in [1.54, 1.807) is 42.5 Å². The van der Waals surface area contributed by atoms with Gasteiger partial charge in [0.2, 0.25) is 0 Å². The van der Waals surface area contributed by atoms with Crippen molar-refractivity contribution in [3.8, 4) is 11.5 Å².